The fourth-order valence-electron chi connectivity index (χ4n) is 3.68. The maximum atomic E-state index is 12.5. The minimum Gasteiger partial charge on any atom is -0.454 e. The van der Waals surface area contributed by atoms with Crippen molar-refractivity contribution in [2.45, 2.75) is 46.6 Å². The van der Waals surface area contributed by atoms with Crippen LogP contribution < -0.4 is 5.32 Å². The standard InChI is InChI=1S/C22H32N2O4/c1-15(2)21(23-19(25)11-18-8-6-5-7-9-18)22(27)28-14-20(26)24-12-16(3)10-17(4)13-24/h5-9,15-17,21H,10-14H2,1-4H3,(H,23,25)/t16-,17+,21-/m0/s1. The topological polar surface area (TPSA) is 75.7 Å². The fraction of sp³-hybridized carbons (Fsp3) is 0.591. The maximum absolute atomic E-state index is 12.5. The molecule has 0 spiro atoms. The van der Waals surface area contributed by atoms with Crippen LogP contribution in [0.25, 0.3) is 0 Å². The number of carbonyl (C=O) groups is 3. The first-order valence-corrected chi connectivity index (χ1v) is 10.0. The van der Waals surface area contributed by atoms with E-state index in [0.29, 0.717) is 24.9 Å². The summed E-state index contributed by atoms with van der Waals surface area (Å²) in [7, 11) is 0. The monoisotopic (exact) mass is 388 g/mol. The highest BCUT2D eigenvalue weighted by molar-refractivity contribution is 5.87. The molecule has 1 aliphatic heterocycles. The molecule has 0 unspecified atom stereocenters. The van der Waals surface area contributed by atoms with Gasteiger partial charge in [0.1, 0.15) is 6.04 Å². The number of ether oxygens (including phenoxy) is 1. The summed E-state index contributed by atoms with van der Waals surface area (Å²) < 4.78 is 5.26. The second-order valence-electron chi connectivity index (χ2n) is 8.30. The number of likely N-dealkylation sites (tertiary alicyclic amines) is 1. The third-order valence-electron chi connectivity index (χ3n) is 5.00. The van der Waals surface area contributed by atoms with Crippen LogP contribution in [-0.2, 0) is 25.5 Å². The molecule has 0 aromatic heterocycles. The zero-order chi connectivity index (χ0) is 20.7. The van der Waals surface area contributed by atoms with Crippen molar-refractivity contribution in [1.82, 2.24) is 10.2 Å². The van der Waals surface area contributed by atoms with Crippen molar-refractivity contribution in [3.05, 3.63) is 35.9 Å². The predicted octanol–water partition coefficient (Wildman–Crippen LogP) is 2.42. The van der Waals surface area contributed by atoms with E-state index in [0.717, 1.165) is 12.0 Å². The molecule has 1 saturated heterocycles. The Morgan fingerprint density at radius 3 is 2.29 bits per heavy atom. The van der Waals surface area contributed by atoms with Gasteiger partial charge in [-0.05, 0) is 29.7 Å². The highest BCUT2D eigenvalue weighted by atomic mass is 16.5. The summed E-state index contributed by atoms with van der Waals surface area (Å²) in [5, 5.41) is 2.74. The van der Waals surface area contributed by atoms with E-state index in [2.05, 4.69) is 19.2 Å². The van der Waals surface area contributed by atoms with Gasteiger partial charge in [0, 0.05) is 13.1 Å². The highest BCUT2D eigenvalue weighted by Gasteiger charge is 2.29. The highest BCUT2D eigenvalue weighted by Crippen LogP contribution is 2.21. The molecule has 1 aromatic rings. The van der Waals surface area contributed by atoms with Crippen molar-refractivity contribution in [2.75, 3.05) is 19.7 Å². The van der Waals surface area contributed by atoms with E-state index < -0.39 is 12.0 Å². The van der Waals surface area contributed by atoms with Crippen molar-refractivity contribution in [3.63, 3.8) is 0 Å². The molecular weight excluding hydrogens is 356 g/mol. The van der Waals surface area contributed by atoms with E-state index in [1.54, 1.807) is 4.90 Å². The first-order valence-electron chi connectivity index (χ1n) is 10.0. The lowest BCUT2D eigenvalue weighted by Crippen LogP contribution is -2.48. The minimum atomic E-state index is -0.775. The summed E-state index contributed by atoms with van der Waals surface area (Å²) in [4.78, 5) is 39.0. The van der Waals surface area contributed by atoms with Gasteiger partial charge >= 0.3 is 5.97 Å². The molecule has 0 radical (unpaired) electrons. The Morgan fingerprint density at radius 2 is 1.71 bits per heavy atom. The SMILES string of the molecule is CC(C)[C@H](NC(=O)Cc1ccccc1)C(=O)OCC(=O)N1C[C@H](C)C[C@H](C)C1. The Labute approximate surface area is 167 Å². The summed E-state index contributed by atoms with van der Waals surface area (Å²) in [6, 6.07) is 8.57. The van der Waals surface area contributed by atoms with Gasteiger partial charge in [0.15, 0.2) is 6.61 Å². The Hall–Kier alpha value is -2.37. The fourth-order valence-corrected chi connectivity index (χ4v) is 3.68. The molecule has 2 rings (SSSR count). The number of benzene rings is 1. The molecule has 1 fully saturated rings. The van der Waals surface area contributed by atoms with Gasteiger partial charge in [0.2, 0.25) is 5.91 Å². The van der Waals surface area contributed by atoms with Crippen molar-refractivity contribution in [3.8, 4) is 0 Å². The van der Waals surface area contributed by atoms with E-state index in [1.165, 1.54) is 0 Å². The van der Waals surface area contributed by atoms with Crippen LogP contribution in [0.15, 0.2) is 30.3 Å². The van der Waals surface area contributed by atoms with E-state index in [4.69, 9.17) is 4.74 Å². The third-order valence-corrected chi connectivity index (χ3v) is 5.00. The number of piperidine rings is 1. The molecule has 3 atom stereocenters. The number of carbonyl (C=O) groups excluding carboxylic acids is 3. The van der Waals surface area contributed by atoms with Gasteiger partial charge in [0.25, 0.3) is 5.91 Å². The van der Waals surface area contributed by atoms with Gasteiger partial charge in [-0.3, -0.25) is 9.59 Å². The van der Waals surface area contributed by atoms with Crippen molar-refractivity contribution in [1.29, 1.82) is 0 Å². The average molecular weight is 389 g/mol. The van der Waals surface area contributed by atoms with E-state index in [-0.39, 0.29) is 30.8 Å². The van der Waals surface area contributed by atoms with E-state index >= 15 is 0 Å². The van der Waals surface area contributed by atoms with Gasteiger partial charge in [-0.25, -0.2) is 4.79 Å². The smallest absolute Gasteiger partial charge is 0.329 e. The van der Waals surface area contributed by atoms with Crippen LogP contribution >= 0.6 is 0 Å². The van der Waals surface area contributed by atoms with Crippen LogP contribution in [0, 0.1) is 17.8 Å². The molecule has 6 heteroatoms. The molecule has 6 nitrogen and oxygen atoms in total. The van der Waals surface area contributed by atoms with Crippen LogP contribution in [0.1, 0.15) is 39.7 Å². The van der Waals surface area contributed by atoms with Crippen LogP contribution in [0.5, 0.6) is 0 Å². The second kappa shape index (κ2) is 10.2. The average Bonchev–Trinajstić information content (AvgIpc) is 2.63. The maximum Gasteiger partial charge on any atom is 0.329 e. The lowest BCUT2D eigenvalue weighted by Gasteiger charge is -2.35. The second-order valence-corrected chi connectivity index (χ2v) is 8.30. The summed E-state index contributed by atoms with van der Waals surface area (Å²) >= 11 is 0. The molecule has 1 aromatic carbocycles. The van der Waals surface area contributed by atoms with Crippen molar-refractivity contribution in [2.24, 2.45) is 17.8 Å². The van der Waals surface area contributed by atoms with Gasteiger partial charge in [-0.15, -0.1) is 0 Å². The van der Waals surface area contributed by atoms with Crippen molar-refractivity contribution < 1.29 is 19.1 Å². The first kappa shape index (κ1) is 21.9. The summed E-state index contributed by atoms with van der Waals surface area (Å²) in [5.74, 6) is -0.231. The number of rotatable bonds is 7. The summed E-state index contributed by atoms with van der Waals surface area (Å²) in [6.07, 6.45) is 1.30. The van der Waals surface area contributed by atoms with Crippen LogP contribution in [0.2, 0.25) is 0 Å². The predicted molar refractivity (Wildman–Crippen MR) is 107 cm³/mol. The van der Waals surface area contributed by atoms with Gasteiger partial charge in [-0.2, -0.15) is 0 Å². The number of hydrogen-bond acceptors (Lipinski definition) is 4. The molecule has 28 heavy (non-hydrogen) atoms. The number of nitrogens with one attached hydrogen (secondary N) is 1. The minimum absolute atomic E-state index is 0.141. The molecule has 0 aliphatic carbocycles. The number of hydrogen-bond donors (Lipinski definition) is 1. The molecule has 0 bridgehead atoms. The third kappa shape index (κ3) is 6.66. The van der Waals surface area contributed by atoms with Crippen LogP contribution in [0.4, 0.5) is 0 Å². The number of amides is 2. The van der Waals surface area contributed by atoms with E-state index in [1.807, 2.05) is 44.2 Å². The molecule has 0 saturated carbocycles. The Morgan fingerprint density at radius 1 is 1.11 bits per heavy atom. The lowest BCUT2D eigenvalue weighted by atomic mass is 9.92. The Bertz CT molecular complexity index is 664. The first-order chi connectivity index (χ1) is 13.3. The van der Waals surface area contributed by atoms with Gasteiger partial charge in [-0.1, -0.05) is 58.0 Å². The van der Waals surface area contributed by atoms with Gasteiger partial charge in [0.05, 0.1) is 6.42 Å². The number of nitrogens with zero attached hydrogens (tertiary/aromatic N) is 1. The quantitative estimate of drug-likeness (QED) is 0.728. The molecule has 154 valence electrons. The van der Waals surface area contributed by atoms with Gasteiger partial charge < -0.3 is 15.0 Å². The molecular formula is C22H32N2O4. The normalized spacial score (nSPS) is 20.5. The van der Waals surface area contributed by atoms with E-state index in [9.17, 15) is 14.4 Å². The lowest BCUT2D eigenvalue weighted by molar-refractivity contribution is -0.156. The molecule has 1 heterocycles. The molecule has 2 amide bonds. The zero-order valence-corrected chi connectivity index (χ0v) is 17.3. The summed E-state index contributed by atoms with van der Waals surface area (Å²) in [6.45, 7) is 9.04. The van der Waals surface area contributed by atoms with Crippen LogP contribution in [0.3, 0.4) is 0 Å². The number of esters is 1. The van der Waals surface area contributed by atoms with Crippen LogP contribution in [-0.4, -0.2) is 48.4 Å². The van der Waals surface area contributed by atoms with Crippen molar-refractivity contribution >= 4 is 17.8 Å². The Balaban J connectivity index is 1.86. The summed E-state index contributed by atoms with van der Waals surface area (Å²) in [5.41, 5.74) is 0.874. The Kier molecular flexibility index (Phi) is 8.03. The molecule has 1 aliphatic rings. The zero-order valence-electron chi connectivity index (χ0n) is 17.3. The molecule has 1 N–H and O–H groups in total. The largest absolute Gasteiger partial charge is 0.454 e.